The molecule has 3 aromatic rings. The van der Waals surface area contributed by atoms with Gasteiger partial charge in [0.25, 0.3) is 5.91 Å². The molecule has 5 rings (SSSR count). The largest absolute Gasteiger partial charge is 0.326 e. The third kappa shape index (κ3) is 3.37. The van der Waals surface area contributed by atoms with Crippen LogP contribution in [0.2, 0.25) is 10.0 Å². The molecule has 5 nitrogen and oxygen atoms in total. The van der Waals surface area contributed by atoms with E-state index in [4.69, 9.17) is 33.2 Å². The molecule has 0 unspecified atom stereocenters. The SMILES string of the molecule is Cc1nc(-c2ccccn2)c2c(n1)[C@H]1[C@H](C)CC[C@@H](C2)N1C(=O)c1ccc(Cl)c(F)c1Cl. The number of pyridine rings is 1. The van der Waals surface area contributed by atoms with Gasteiger partial charge in [0, 0.05) is 17.8 Å². The summed E-state index contributed by atoms with van der Waals surface area (Å²) in [6, 6.07) is 8.31. The van der Waals surface area contributed by atoms with Gasteiger partial charge in [-0.05, 0) is 56.4 Å². The van der Waals surface area contributed by atoms with E-state index in [2.05, 4.69) is 11.9 Å². The van der Waals surface area contributed by atoms with Crippen molar-refractivity contribution in [2.24, 2.45) is 5.92 Å². The summed E-state index contributed by atoms with van der Waals surface area (Å²) in [5, 5.41) is -0.348. The molecule has 2 aliphatic rings. The zero-order valence-corrected chi connectivity index (χ0v) is 19.2. The van der Waals surface area contributed by atoms with Gasteiger partial charge in [-0.25, -0.2) is 14.4 Å². The van der Waals surface area contributed by atoms with Crippen LogP contribution in [0.3, 0.4) is 0 Å². The average molecular weight is 471 g/mol. The van der Waals surface area contributed by atoms with Gasteiger partial charge in [0.05, 0.1) is 38.7 Å². The molecule has 0 spiro atoms. The summed E-state index contributed by atoms with van der Waals surface area (Å²) in [4.78, 5) is 29.5. The minimum atomic E-state index is -0.773. The van der Waals surface area contributed by atoms with Crippen LogP contribution < -0.4 is 0 Å². The number of carbonyl (C=O) groups excluding carboxylic acids is 1. The van der Waals surface area contributed by atoms with E-state index >= 15 is 0 Å². The molecule has 8 heteroatoms. The van der Waals surface area contributed by atoms with Gasteiger partial charge in [0.15, 0.2) is 5.82 Å². The van der Waals surface area contributed by atoms with Gasteiger partial charge >= 0.3 is 0 Å². The minimum Gasteiger partial charge on any atom is -0.326 e. The smallest absolute Gasteiger partial charge is 0.256 e. The lowest BCUT2D eigenvalue weighted by Gasteiger charge is -2.49. The predicted octanol–water partition coefficient (Wildman–Crippen LogP) is 5.83. The quantitative estimate of drug-likeness (QED) is 0.442. The van der Waals surface area contributed by atoms with E-state index in [9.17, 15) is 9.18 Å². The van der Waals surface area contributed by atoms with Gasteiger partial charge in [0.1, 0.15) is 5.82 Å². The van der Waals surface area contributed by atoms with E-state index in [-0.39, 0.29) is 39.5 Å². The second-order valence-electron chi connectivity index (χ2n) is 8.49. The van der Waals surface area contributed by atoms with Gasteiger partial charge in [-0.3, -0.25) is 9.78 Å². The number of nitrogens with zero attached hydrogens (tertiary/aromatic N) is 4. The number of fused-ring (bicyclic) bond motifs is 4. The highest BCUT2D eigenvalue weighted by atomic mass is 35.5. The maximum atomic E-state index is 14.4. The lowest BCUT2D eigenvalue weighted by atomic mass is 9.76. The summed E-state index contributed by atoms with van der Waals surface area (Å²) in [6.07, 6.45) is 4.18. The number of rotatable bonds is 2. The molecule has 1 aromatic carbocycles. The van der Waals surface area contributed by atoms with Crippen LogP contribution in [0.15, 0.2) is 36.5 Å². The Hall–Kier alpha value is -2.57. The van der Waals surface area contributed by atoms with Crippen LogP contribution in [0.5, 0.6) is 0 Å². The van der Waals surface area contributed by atoms with Crippen molar-refractivity contribution in [3.05, 3.63) is 75.0 Å². The fourth-order valence-corrected chi connectivity index (χ4v) is 5.44. The van der Waals surface area contributed by atoms with Crippen molar-refractivity contribution in [1.82, 2.24) is 19.9 Å². The highest BCUT2D eigenvalue weighted by Gasteiger charge is 2.46. The Bertz CT molecular complexity index is 1220. The molecule has 1 saturated heterocycles. The van der Waals surface area contributed by atoms with Crippen molar-refractivity contribution in [2.75, 3.05) is 0 Å². The van der Waals surface area contributed by atoms with Crippen molar-refractivity contribution in [3.63, 3.8) is 0 Å². The third-order valence-electron chi connectivity index (χ3n) is 6.47. The summed E-state index contributed by atoms with van der Waals surface area (Å²) < 4.78 is 14.4. The molecule has 0 aliphatic carbocycles. The number of hydrogen-bond acceptors (Lipinski definition) is 4. The molecule has 2 aliphatic heterocycles. The summed E-state index contributed by atoms with van der Waals surface area (Å²) >= 11 is 12.0. The molecule has 32 heavy (non-hydrogen) atoms. The van der Waals surface area contributed by atoms with Crippen LogP contribution in [-0.2, 0) is 6.42 Å². The number of piperidine rings is 1. The second-order valence-corrected chi connectivity index (χ2v) is 9.28. The lowest BCUT2D eigenvalue weighted by Crippen LogP contribution is -2.53. The van der Waals surface area contributed by atoms with Crippen LogP contribution in [0.25, 0.3) is 11.4 Å². The van der Waals surface area contributed by atoms with Gasteiger partial charge < -0.3 is 4.90 Å². The number of aromatic nitrogens is 3. The average Bonchev–Trinajstić information content (AvgIpc) is 2.79. The fraction of sp³-hybridized carbons (Fsp3) is 0.333. The zero-order valence-electron chi connectivity index (χ0n) is 17.6. The van der Waals surface area contributed by atoms with Crippen LogP contribution >= 0.6 is 23.2 Å². The molecule has 1 fully saturated rings. The fourth-order valence-electron chi connectivity index (χ4n) is 4.99. The summed E-state index contributed by atoms with van der Waals surface area (Å²) in [7, 11) is 0. The molecule has 2 aromatic heterocycles. The predicted molar refractivity (Wildman–Crippen MR) is 121 cm³/mol. The minimum absolute atomic E-state index is 0.0558. The van der Waals surface area contributed by atoms with Crippen LogP contribution in [0.1, 0.15) is 53.2 Å². The molecular formula is C24H21Cl2FN4O. The van der Waals surface area contributed by atoms with E-state index in [0.717, 1.165) is 35.5 Å². The molecule has 0 radical (unpaired) electrons. The van der Waals surface area contributed by atoms with E-state index in [1.807, 2.05) is 30.0 Å². The normalized spacial score (nSPS) is 21.9. The Balaban J connectivity index is 1.65. The number of amides is 1. The van der Waals surface area contributed by atoms with Crippen LogP contribution in [-0.4, -0.2) is 31.8 Å². The molecule has 2 bridgehead atoms. The molecule has 4 heterocycles. The lowest BCUT2D eigenvalue weighted by molar-refractivity contribution is 0.0226. The summed E-state index contributed by atoms with van der Waals surface area (Å²) in [5.41, 5.74) is 3.62. The van der Waals surface area contributed by atoms with Crippen molar-refractivity contribution in [3.8, 4) is 11.4 Å². The Morgan fingerprint density at radius 2 is 1.97 bits per heavy atom. The number of aryl methyl sites for hydroxylation is 1. The van der Waals surface area contributed by atoms with Gasteiger partial charge in [-0.2, -0.15) is 0 Å². The monoisotopic (exact) mass is 470 g/mol. The van der Waals surface area contributed by atoms with Crippen LogP contribution in [0, 0.1) is 18.7 Å². The van der Waals surface area contributed by atoms with Gasteiger partial charge in [-0.1, -0.05) is 36.2 Å². The maximum Gasteiger partial charge on any atom is 0.256 e. The Morgan fingerprint density at radius 3 is 2.72 bits per heavy atom. The van der Waals surface area contributed by atoms with E-state index in [0.29, 0.717) is 12.2 Å². The molecular weight excluding hydrogens is 450 g/mol. The summed E-state index contributed by atoms with van der Waals surface area (Å²) in [6.45, 7) is 3.97. The van der Waals surface area contributed by atoms with Gasteiger partial charge in [0.2, 0.25) is 0 Å². The van der Waals surface area contributed by atoms with E-state index < -0.39 is 5.82 Å². The van der Waals surface area contributed by atoms with Crippen molar-refractivity contribution >= 4 is 29.1 Å². The highest BCUT2D eigenvalue weighted by Crippen LogP contribution is 2.47. The molecule has 164 valence electrons. The maximum absolute atomic E-state index is 14.4. The molecule has 3 atom stereocenters. The first-order valence-electron chi connectivity index (χ1n) is 10.6. The van der Waals surface area contributed by atoms with Gasteiger partial charge in [-0.15, -0.1) is 0 Å². The molecule has 0 saturated carbocycles. The number of halogens is 3. The zero-order chi connectivity index (χ0) is 22.6. The first-order valence-corrected chi connectivity index (χ1v) is 11.4. The van der Waals surface area contributed by atoms with E-state index in [1.165, 1.54) is 12.1 Å². The van der Waals surface area contributed by atoms with E-state index in [1.54, 1.807) is 6.20 Å². The first kappa shape index (κ1) is 21.3. The summed E-state index contributed by atoms with van der Waals surface area (Å²) in [5.74, 6) is -0.265. The topological polar surface area (TPSA) is 59.0 Å². The van der Waals surface area contributed by atoms with Crippen molar-refractivity contribution < 1.29 is 9.18 Å². The van der Waals surface area contributed by atoms with Crippen molar-refractivity contribution in [2.45, 2.75) is 45.2 Å². The molecule has 1 amide bonds. The Labute approximate surface area is 195 Å². The number of carbonyl (C=O) groups is 1. The van der Waals surface area contributed by atoms with Crippen LogP contribution in [0.4, 0.5) is 4.39 Å². The number of benzene rings is 1. The van der Waals surface area contributed by atoms with Crippen molar-refractivity contribution in [1.29, 1.82) is 0 Å². The number of hydrogen-bond donors (Lipinski definition) is 0. The highest BCUT2D eigenvalue weighted by molar-refractivity contribution is 6.37. The Kier molecular flexibility index (Phi) is 5.38. The first-order chi connectivity index (χ1) is 15.4. The second kappa shape index (κ2) is 8.09. The molecule has 0 N–H and O–H groups in total. The standard InChI is InChI=1S/C24H21Cl2FN4O/c1-12-6-7-14-11-16-21(18-5-3-4-10-28-18)29-13(2)30-22(16)23(12)31(14)24(32)15-8-9-17(25)20(27)19(15)26/h3-5,8-10,12,14,23H,6-7,11H2,1-2H3/t12-,14+,23-/m1/s1. The Morgan fingerprint density at radius 1 is 1.16 bits per heavy atom. The third-order valence-corrected chi connectivity index (χ3v) is 7.13.